The van der Waals surface area contributed by atoms with E-state index >= 15 is 0 Å². The molecule has 1 aromatic heterocycles. The van der Waals surface area contributed by atoms with Crippen LogP contribution in [0.1, 0.15) is 18.4 Å². The summed E-state index contributed by atoms with van der Waals surface area (Å²) in [5.41, 5.74) is 5.90. The number of hydrogen-bond donors (Lipinski definition) is 0. The second-order valence-corrected chi connectivity index (χ2v) is 7.63. The molecule has 1 fully saturated rings. The molecule has 130 valence electrons. The van der Waals surface area contributed by atoms with E-state index in [0.717, 1.165) is 26.2 Å². The number of hydrogen-bond acceptors (Lipinski definition) is 4. The molecule has 2 aromatic carbocycles. The Hall–Kier alpha value is -1.91. The van der Waals surface area contributed by atoms with Gasteiger partial charge in [-0.2, -0.15) is 0 Å². The van der Waals surface area contributed by atoms with Crippen LogP contribution < -0.4 is 4.90 Å². The molecule has 3 aromatic rings. The van der Waals surface area contributed by atoms with Crippen molar-refractivity contribution < 1.29 is 0 Å². The number of piperazine rings is 1. The Balaban J connectivity index is 1.24. The first-order valence-corrected chi connectivity index (χ1v) is 10.1. The maximum absolute atomic E-state index is 4.57. The quantitative estimate of drug-likeness (QED) is 0.612. The van der Waals surface area contributed by atoms with Gasteiger partial charge in [0, 0.05) is 26.2 Å². The van der Waals surface area contributed by atoms with Gasteiger partial charge in [-0.25, -0.2) is 4.98 Å². The van der Waals surface area contributed by atoms with E-state index in [0.29, 0.717) is 0 Å². The molecule has 2 heterocycles. The number of benzene rings is 2. The highest BCUT2D eigenvalue weighted by atomic mass is 32.1. The first-order valence-electron chi connectivity index (χ1n) is 9.23. The number of unbranched alkanes of at least 4 members (excludes halogenated alkanes) is 1. The molecule has 25 heavy (non-hydrogen) atoms. The van der Waals surface area contributed by atoms with Crippen LogP contribution in [0, 0.1) is 0 Å². The van der Waals surface area contributed by atoms with Crippen molar-refractivity contribution in [2.24, 2.45) is 0 Å². The van der Waals surface area contributed by atoms with Gasteiger partial charge in [0.15, 0.2) is 0 Å². The van der Waals surface area contributed by atoms with E-state index in [1.165, 1.54) is 47.3 Å². The molecular formula is C21H25N3S. The predicted octanol–water partition coefficient (Wildman–Crippen LogP) is 4.44. The van der Waals surface area contributed by atoms with Crippen molar-refractivity contribution in [2.45, 2.75) is 19.3 Å². The number of nitrogens with zero attached hydrogens (tertiary/aromatic N) is 3. The van der Waals surface area contributed by atoms with E-state index in [4.69, 9.17) is 0 Å². The van der Waals surface area contributed by atoms with Crippen molar-refractivity contribution in [3.63, 3.8) is 0 Å². The first kappa shape index (κ1) is 16.6. The van der Waals surface area contributed by atoms with E-state index in [1.807, 2.05) is 5.51 Å². The van der Waals surface area contributed by atoms with Crippen molar-refractivity contribution in [1.82, 2.24) is 9.88 Å². The normalized spacial score (nSPS) is 15.8. The fraction of sp³-hybridized carbons (Fsp3) is 0.381. The van der Waals surface area contributed by atoms with Crippen LogP contribution in [0.2, 0.25) is 0 Å². The molecule has 0 aliphatic carbocycles. The Morgan fingerprint density at radius 2 is 1.72 bits per heavy atom. The van der Waals surface area contributed by atoms with Gasteiger partial charge in [0.1, 0.15) is 5.52 Å². The van der Waals surface area contributed by atoms with Gasteiger partial charge in [0.05, 0.1) is 15.9 Å². The molecule has 0 radical (unpaired) electrons. The number of anilines is 1. The molecule has 0 saturated carbocycles. The summed E-state index contributed by atoms with van der Waals surface area (Å²) in [4.78, 5) is 9.68. The van der Waals surface area contributed by atoms with Crippen LogP contribution in [-0.4, -0.2) is 42.6 Å². The van der Waals surface area contributed by atoms with Crippen LogP contribution in [0.15, 0.2) is 54.0 Å². The van der Waals surface area contributed by atoms with E-state index in [9.17, 15) is 0 Å². The largest absolute Gasteiger partial charge is 0.367 e. The third-order valence-corrected chi connectivity index (χ3v) is 5.88. The van der Waals surface area contributed by atoms with Gasteiger partial charge in [-0.3, -0.25) is 4.90 Å². The maximum atomic E-state index is 4.57. The Morgan fingerprint density at radius 1 is 0.880 bits per heavy atom. The summed E-state index contributed by atoms with van der Waals surface area (Å²) in [6.45, 7) is 5.75. The van der Waals surface area contributed by atoms with Crippen molar-refractivity contribution in [3.8, 4) is 0 Å². The second-order valence-electron chi connectivity index (χ2n) is 6.75. The van der Waals surface area contributed by atoms with Crippen molar-refractivity contribution in [1.29, 1.82) is 0 Å². The average Bonchev–Trinajstić information content (AvgIpc) is 3.15. The lowest BCUT2D eigenvalue weighted by atomic mass is 10.1. The van der Waals surface area contributed by atoms with Crippen LogP contribution in [0.25, 0.3) is 10.2 Å². The van der Waals surface area contributed by atoms with Gasteiger partial charge in [-0.05, 0) is 43.5 Å². The van der Waals surface area contributed by atoms with Gasteiger partial charge >= 0.3 is 0 Å². The molecule has 4 rings (SSSR count). The van der Waals surface area contributed by atoms with Crippen molar-refractivity contribution in [2.75, 3.05) is 37.6 Å². The van der Waals surface area contributed by atoms with E-state index < -0.39 is 0 Å². The van der Waals surface area contributed by atoms with E-state index in [2.05, 4.69) is 63.3 Å². The van der Waals surface area contributed by atoms with Gasteiger partial charge in [-0.1, -0.05) is 36.4 Å². The maximum Gasteiger partial charge on any atom is 0.104 e. The fourth-order valence-electron chi connectivity index (χ4n) is 3.65. The van der Waals surface area contributed by atoms with Gasteiger partial charge in [0.25, 0.3) is 0 Å². The molecule has 3 nitrogen and oxygen atoms in total. The number of para-hydroxylation sites is 1. The van der Waals surface area contributed by atoms with Crippen LogP contribution in [0.5, 0.6) is 0 Å². The molecule has 1 saturated heterocycles. The molecule has 0 amide bonds. The molecule has 0 unspecified atom stereocenters. The Labute approximate surface area is 153 Å². The van der Waals surface area contributed by atoms with Gasteiger partial charge in [-0.15, -0.1) is 11.3 Å². The van der Waals surface area contributed by atoms with Crippen LogP contribution in [0.4, 0.5) is 5.69 Å². The Kier molecular flexibility index (Phi) is 5.28. The standard InChI is InChI=1S/C21H25N3S/c1-2-7-18(8-3-1)9-4-5-12-23-13-15-24(16-14-23)19-10-6-11-20-21(19)22-17-25-20/h1-3,6-8,10-11,17H,4-5,9,12-16H2. The highest BCUT2D eigenvalue weighted by Gasteiger charge is 2.18. The summed E-state index contributed by atoms with van der Waals surface area (Å²) >= 11 is 1.73. The average molecular weight is 352 g/mol. The number of aromatic nitrogens is 1. The minimum atomic E-state index is 1.11. The molecule has 0 bridgehead atoms. The van der Waals surface area contributed by atoms with Crippen LogP contribution in [-0.2, 0) is 6.42 Å². The Bertz CT molecular complexity index is 791. The molecule has 0 N–H and O–H groups in total. The summed E-state index contributed by atoms with van der Waals surface area (Å²) in [7, 11) is 0. The van der Waals surface area contributed by atoms with Gasteiger partial charge in [0.2, 0.25) is 0 Å². The van der Waals surface area contributed by atoms with Crippen molar-refractivity contribution >= 4 is 27.2 Å². The molecule has 1 aliphatic rings. The predicted molar refractivity (Wildman–Crippen MR) is 108 cm³/mol. The van der Waals surface area contributed by atoms with E-state index in [-0.39, 0.29) is 0 Å². The zero-order valence-corrected chi connectivity index (χ0v) is 15.4. The molecule has 4 heteroatoms. The smallest absolute Gasteiger partial charge is 0.104 e. The Morgan fingerprint density at radius 3 is 2.56 bits per heavy atom. The zero-order valence-electron chi connectivity index (χ0n) is 14.6. The number of thiazole rings is 1. The molecule has 0 spiro atoms. The number of aryl methyl sites for hydroxylation is 1. The number of fused-ring (bicyclic) bond motifs is 1. The topological polar surface area (TPSA) is 19.4 Å². The first-order chi connectivity index (χ1) is 12.4. The molecule has 1 aliphatic heterocycles. The lowest BCUT2D eigenvalue weighted by Crippen LogP contribution is -2.46. The monoisotopic (exact) mass is 351 g/mol. The third kappa shape index (κ3) is 4.02. The second kappa shape index (κ2) is 7.98. The summed E-state index contributed by atoms with van der Waals surface area (Å²) < 4.78 is 1.29. The minimum absolute atomic E-state index is 1.11. The van der Waals surface area contributed by atoms with E-state index in [1.54, 1.807) is 11.3 Å². The highest BCUT2D eigenvalue weighted by Crippen LogP contribution is 2.28. The summed E-state index contributed by atoms with van der Waals surface area (Å²) in [5.74, 6) is 0. The van der Waals surface area contributed by atoms with Crippen LogP contribution in [0.3, 0.4) is 0 Å². The minimum Gasteiger partial charge on any atom is -0.367 e. The van der Waals surface area contributed by atoms with Crippen molar-refractivity contribution in [3.05, 3.63) is 59.6 Å². The summed E-state index contributed by atoms with van der Waals surface area (Å²) in [5, 5.41) is 0. The summed E-state index contributed by atoms with van der Waals surface area (Å²) in [6.07, 6.45) is 3.77. The zero-order chi connectivity index (χ0) is 16.9. The molecular weight excluding hydrogens is 326 g/mol. The summed E-state index contributed by atoms with van der Waals surface area (Å²) in [6, 6.07) is 17.4. The number of rotatable bonds is 6. The van der Waals surface area contributed by atoms with Crippen LogP contribution >= 0.6 is 11.3 Å². The molecule has 0 atom stereocenters. The highest BCUT2D eigenvalue weighted by molar-refractivity contribution is 7.16. The lowest BCUT2D eigenvalue weighted by molar-refractivity contribution is 0.253. The lowest BCUT2D eigenvalue weighted by Gasteiger charge is -2.36. The SMILES string of the molecule is c1ccc(CCCCN2CCN(c3cccc4scnc34)CC2)cc1. The fourth-order valence-corrected chi connectivity index (χ4v) is 4.35. The third-order valence-electron chi connectivity index (χ3n) is 5.08. The van der Waals surface area contributed by atoms with Gasteiger partial charge < -0.3 is 4.90 Å².